The molecule has 4 aromatic rings. The van der Waals surface area contributed by atoms with E-state index in [0.29, 0.717) is 0 Å². The summed E-state index contributed by atoms with van der Waals surface area (Å²) in [5.41, 5.74) is 5.20. The average molecular weight is 473 g/mol. The van der Waals surface area contributed by atoms with Crippen LogP contribution in [0.4, 0.5) is 0 Å². The number of rotatable bonds is 4. The van der Waals surface area contributed by atoms with Crippen LogP contribution < -0.4 is 4.72 Å². The van der Waals surface area contributed by atoms with E-state index >= 15 is 0 Å². The third kappa shape index (κ3) is 7.96. The molecule has 0 aliphatic heterocycles. The van der Waals surface area contributed by atoms with E-state index in [0.717, 1.165) is 16.2 Å². The van der Waals surface area contributed by atoms with E-state index in [1.165, 1.54) is 33.7 Å². The summed E-state index contributed by atoms with van der Waals surface area (Å²) in [4.78, 5) is 14.2. The Bertz CT molecular complexity index is 1240. The fourth-order valence-electron chi connectivity index (χ4n) is 2.64. The minimum Gasteiger partial charge on any atom is -0.480 e. The molecule has 0 amide bonds. The van der Waals surface area contributed by atoms with Crippen molar-refractivity contribution in [1.82, 2.24) is 9.71 Å². The summed E-state index contributed by atoms with van der Waals surface area (Å²) in [6.07, 6.45) is 2.03. The lowest BCUT2D eigenvalue weighted by atomic mass is 10.2. The molecule has 3 N–H and O–H groups in total. The molecule has 170 valence electrons. The molecule has 0 bridgehead atoms. The van der Waals surface area contributed by atoms with Gasteiger partial charge in [0.25, 0.3) is 10.0 Å². The molecular formula is C24H28N2O4S2. The number of nitrogens with one attached hydrogen (secondary N) is 2. The van der Waals surface area contributed by atoms with Crippen LogP contribution in [0.25, 0.3) is 10.9 Å². The molecule has 0 unspecified atom stereocenters. The van der Waals surface area contributed by atoms with E-state index in [-0.39, 0.29) is 4.21 Å². The molecule has 0 saturated carbocycles. The number of carboxylic acid groups (broad SMARTS) is 1. The van der Waals surface area contributed by atoms with Gasteiger partial charge in [-0.05, 0) is 51.5 Å². The van der Waals surface area contributed by atoms with Gasteiger partial charge in [-0.15, -0.1) is 11.3 Å². The smallest absolute Gasteiger partial charge is 0.318 e. The Labute approximate surface area is 193 Å². The Morgan fingerprint density at radius 3 is 2.03 bits per heavy atom. The number of para-hydroxylation sites is 1. The number of carbonyl (C=O) groups is 1. The van der Waals surface area contributed by atoms with Crippen LogP contribution in [0.15, 0.2) is 71.1 Å². The van der Waals surface area contributed by atoms with Gasteiger partial charge < -0.3 is 10.1 Å². The highest BCUT2D eigenvalue weighted by molar-refractivity contribution is 7.91. The van der Waals surface area contributed by atoms with Crippen LogP contribution in [0.5, 0.6) is 0 Å². The molecule has 0 atom stereocenters. The van der Waals surface area contributed by atoms with Gasteiger partial charge in [-0.1, -0.05) is 53.6 Å². The minimum absolute atomic E-state index is 0.135. The Hall–Kier alpha value is -2.94. The fourth-order valence-corrected chi connectivity index (χ4v) is 4.94. The second-order valence-electron chi connectivity index (χ2n) is 7.26. The maximum atomic E-state index is 11.4. The maximum Gasteiger partial charge on any atom is 0.318 e. The number of fused-ring (bicyclic) bond motifs is 1. The van der Waals surface area contributed by atoms with Crippen LogP contribution >= 0.6 is 11.3 Å². The van der Waals surface area contributed by atoms with Crippen LogP contribution in [-0.2, 0) is 14.8 Å². The molecule has 0 saturated heterocycles. The highest BCUT2D eigenvalue weighted by Gasteiger charge is 2.16. The van der Waals surface area contributed by atoms with Crippen molar-refractivity contribution in [3.05, 3.63) is 88.4 Å². The Balaban J connectivity index is 0.000000177. The molecule has 0 radical (unpaired) electrons. The predicted molar refractivity (Wildman–Crippen MR) is 131 cm³/mol. The Morgan fingerprint density at radius 2 is 1.53 bits per heavy atom. The van der Waals surface area contributed by atoms with Gasteiger partial charge in [0.2, 0.25) is 0 Å². The lowest BCUT2D eigenvalue weighted by molar-refractivity contribution is -0.135. The zero-order valence-corrected chi connectivity index (χ0v) is 20.2. The first-order valence-electron chi connectivity index (χ1n) is 9.92. The zero-order chi connectivity index (χ0) is 23.7. The molecule has 0 spiro atoms. The number of H-pyrrole nitrogens is 1. The van der Waals surface area contributed by atoms with Gasteiger partial charge in [-0.3, -0.25) is 4.79 Å². The van der Waals surface area contributed by atoms with E-state index in [2.05, 4.69) is 68.2 Å². The normalized spacial score (nSPS) is 10.6. The van der Waals surface area contributed by atoms with Gasteiger partial charge in [-0.25, -0.2) is 8.42 Å². The van der Waals surface area contributed by atoms with Crippen LogP contribution in [0.1, 0.15) is 21.6 Å². The first-order valence-corrected chi connectivity index (χ1v) is 12.2. The largest absolute Gasteiger partial charge is 0.480 e. The molecule has 8 heteroatoms. The number of sulfonamides is 1. The van der Waals surface area contributed by atoms with Crippen molar-refractivity contribution in [2.24, 2.45) is 0 Å². The van der Waals surface area contributed by atoms with Crippen LogP contribution in [0.3, 0.4) is 0 Å². The van der Waals surface area contributed by atoms with Crippen molar-refractivity contribution < 1.29 is 18.3 Å². The van der Waals surface area contributed by atoms with Gasteiger partial charge in [-0.2, -0.15) is 4.72 Å². The summed E-state index contributed by atoms with van der Waals surface area (Å²) >= 11 is 1.10. The quantitative estimate of drug-likeness (QED) is 0.380. The molecule has 4 rings (SSSR count). The van der Waals surface area contributed by atoms with E-state index < -0.39 is 22.5 Å². The van der Waals surface area contributed by atoms with Crippen LogP contribution in [-0.4, -0.2) is 31.0 Å². The standard InChI is InChI=1S/C9H9N.C8H10.C7H9NO4S2/c1-7-6-10-9-5-3-2-4-8(7)9;1-7-3-5-8(2)6-4-7;1-5-2-3-7(13-5)14(11,12)8-4-6(9)10/h2-6,10H,1H3;3-6H,1-2H3;2-3,8H,4H2,1H3,(H,9,10). The van der Waals surface area contributed by atoms with E-state index in [1.807, 2.05) is 17.0 Å². The van der Waals surface area contributed by atoms with Crippen LogP contribution in [0.2, 0.25) is 0 Å². The SMILES string of the molecule is Cc1c[nH]c2ccccc12.Cc1ccc(C)cc1.Cc1ccc(S(=O)(=O)NCC(=O)O)s1. The summed E-state index contributed by atoms with van der Waals surface area (Å²) in [5.74, 6) is -1.21. The van der Waals surface area contributed by atoms with Crippen LogP contribution in [0, 0.1) is 27.7 Å². The molecule has 32 heavy (non-hydrogen) atoms. The molecule has 0 aliphatic carbocycles. The number of carboxylic acids is 1. The Kier molecular flexibility index (Phi) is 9.19. The second kappa shape index (κ2) is 11.6. The minimum atomic E-state index is -3.65. The summed E-state index contributed by atoms with van der Waals surface area (Å²) in [6.45, 7) is 7.48. The van der Waals surface area contributed by atoms with Crippen molar-refractivity contribution in [3.8, 4) is 0 Å². The second-order valence-corrected chi connectivity index (χ2v) is 10.5. The van der Waals surface area contributed by atoms with Crippen molar-refractivity contribution in [2.75, 3.05) is 6.54 Å². The Morgan fingerprint density at radius 1 is 0.938 bits per heavy atom. The third-order valence-electron chi connectivity index (χ3n) is 4.41. The molecule has 0 fully saturated rings. The number of benzene rings is 2. The number of aromatic amines is 1. The van der Waals surface area contributed by atoms with Gasteiger partial charge in [0.15, 0.2) is 0 Å². The average Bonchev–Trinajstić information content (AvgIpc) is 3.37. The van der Waals surface area contributed by atoms with Crippen molar-refractivity contribution in [3.63, 3.8) is 0 Å². The number of aromatic nitrogens is 1. The summed E-state index contributed by atoms with van der Waals surface area (Å²) in [5, 5.41) is 9.63. The van der Waals surface area contributed by atoms with E-state index in [4.69, 9.17) is 5.11 Å². The van der Waals surface area contributed by atoms with Gasteiger partial charge in [0.05, 0.1) is 0 Å². The number of aryl methyl sites for hydroxylation is 4. The number of hydrogen-bond acceptors (Lipinski definition) is 4. The summed E-state index contributed by atoms with van der Waals surface area (Å²) < 4.78 is 24.9. The van der Waals surface area contributed by atoms with Gasteiger partial charge >= 0.3 is 5.97 Å². The molecule has 0 aliphatic rings. The highest BCUT2D eigenvalue weighted by Crippen LogP contribution is 2.20. The topological polar surface area (TPSA) is 99.3 Å². The molecule has 2 aromatic carbocycles. The predicted octanol–water partition coefficient (Wildman–Crippen LogP) is 5.20. The summed E-state index contributed by atoms with van der Waals surface area (Å²) in [6, 6.07) is 19.9. The lowest BCUT2D eigenvalue weighted by Crippen LogP contribution is -2.28. The number of thiophene rings is 1. The monoisotopic (exact) mass is 472 g/mol. The van der Waals surface area contributed by atoms with E-state index in [9.17, 15) is 13.2 Å². The first kappa shape index (κ1) is 25.3. The molecule has 6 nitrogen and oxygen atoms in total. The number of aliphatic carboxylic acids is 1. The van der Waals surface area contributed by atoms with Gasteiger partial charge in [0, 0.05) is 22.0 Å². The lowest BCUT2D eigenvalue weighted by Gasteiger charge is -2.00. The zero-order valence-electron chi connectivity index (χ0n) is 18.5. The van der Waals surface area contributed by atoms with Gasteiger partial charge in [0.1, 0.15) is 10.8 Å². The summed E-state index contributed by atoms with van der Waals surface area (Å²) in [7, 11) is -3.65. The molecule has 2 heterocycles. The van der Waals surface area contributed by atoms with Crippen molar-refractivity contribution >= 4 is 38.2 Å². The third-order valence-corrected chi connectivity index (χ3v) is 7.30. The van der Waals surface area contributed by atoms with Crippen molar-refractivity contribution in [1.29, 1.82) is 0 Å². The van der Waals surface area contributed by atoms with E-state index in [1.54, 1.807) is 13.0 Å². The number of hydrogen-bond donors (Lipinski definition) is 3. The first-order chi connectivity index (χ1) is 15.1. The molecular weight excluding hydrogens is 444 g/mol. The highest BCUT2D eigenvalue weighted by atomic mass is 32.2. The molecule has 2 aromatic heterocycles. The maximum absolute atomic E-state index is 11.4. The van der Waals surface area contributed by atoms with Crippen molar-refractivity contribution in [2.45, 2.75) is 31.9 Å². The fraction of sp³-hybridized carbons (Fsp3) is 0.208.